The third-order valence-electron chi connectivity index (χ3n) is 2.85. The molecule has 0 fully saturated rings. The van der Waals surface area contributed by atoms with Crippen molar-refractivity contribution < 1.29 is 4.74 Å². The highest BCUT2D eigenvalue weighted by atomic mass is 16.5. The fraction of sp³-hybridized carbons (Fsp3) is 0.250. The van der Waals surface area contributed by atoms with E-state index >= 15 is 0 Å². The van der Waals surface area contributed by atoms with Gasteiger partial charge in [-0.25, -0.2) is 0 Å². The van der Waals surface area contributed by atoms with E-state index in [1.165, 1.54) is 5.56 Å². The van der Waals surface area contributed by atoms with Crippen molar-refractivity contribution in [3.63, 3.8) is 0 Å². The summed E-state index contributed by atoms with van der Waals surface area (Å²) in [5.74, 6) is 0.909. The van der Waals surface area contributed by atoms with E-state index in [0.717, 1.165) is 35.6 Å². The van der Waals surface area contributed by atoms with Crippen molar-refractivity contribution >= 4 is 5.69 Å². The lowest BCUT2D eigenvalue weighted by molar-refractivity contribution is 0.317. The molecule has 18 heavy (non-hydrogen) atoms. The van der Waals surface area contributed by atoms with Crippen molar-refractivity contribution in [2.24, 2.45) is 0 Å². The molecule has 0 unspecified atom stereocenters. The van der Waals surface area contributed by atoms with Crippen LogP contribution in [0.1, 0.15) is 18.9 Å². The summed E-state index contributed by atoms with van der Waals surface area (Å²) in [5.41, 5.74) is 10.2. The van der Waals surface area contributed by atoms with Gasteiger partial charge in [0.25, 0.3) is 0 Å². The van der Waals surface area contributed by atoms with Crippen LogP contribution in [0.25, 0.3) is 11.1 Å². The molecule has 0 spiro atoms. The van der Waals surface area contributed by atoms with Crippen molar-refractivity contribution in [1.82, 2.24) is 0 Å². The molecule has 0 heterocycles. The van der Waals surface area contributed by atoms with Crippen LogP contribution in [-0.4, -0.2) is 6.61 Å². The SMILES string of the molecule is CCCOc1ccc(-c2ccc(C)cc2N)cc1. The maximum atomic E-state index is 6.04. The average Bonchev–Trinajstić information content (AvgIpc) is 2.37. The number of nitrogen functional groups attached to an aromatic ring is 1. The quantitative estimate of drug-likeness (QED) is 0.820. The number of nitrogens with two attached hydrogens (primary N) is 1. The Hall–Kier alpha value is -1.96. The molecule has 0 aromatic heterocycles. The van der Waals surface area contributed by atoms with Crippen molar-refractivity contribution in [2.75, 3.05) is 12.3 Å². The van der Waals surface area contributed by atoms with Gasteiger partial charge in [-0.05, 0) is 42.7 Å². The standard InChI is InChI=1S/C16H19NO/c1-3-10-18-14-7-5-13(6-8-14)15-9-4-12(2)11-16(15)17/h4-9,11H,3,10,17H2,1-2H3. The second kappa shape index (κ2) is 5.58. The van der Waals surface area contributed by atoms with E-state index in [1.54, 1.807) is 0 Å². The zero-order valence-electron chi connectivity index (χ0n) is 10.9. The molecular formula is C16H19NO. The molecule has 0 radical (unpaired) electrons. The molecule has 2 N–H and O–H groups in total. The summed E-state index contributed by atoms with van der Waals surface area (Å²) >= 11 is 0. The van der Waals surface area contributed by atoms with Gasteiger partial charge < -0.3 is 10.5 Å². The summed E-state index contributed by atoms with van der Waals surface area (Å²) < 4.78 is 5.56. The van der Waals surface area contributed by atoms with Crippen molar-refractivity contribution in [2.45, 2.75) is 20.3 Å². The number of ether oxygens (including phenoxy) is 1. The fourth-order valence-electron chi connectivity index (χ4n) is 1.90. The van der Waals surface area contributed by atoms with Crippen molar-refractivity contribution in [3.05, 3.63) is 48.0 Å². The molecule has 0 atom stereocenters. The Morgan fingerprint density at radius 1 is 1.06 bits per heavy atom. The largest absolute Gasteiger partial charge is 0.494 e. The molecule has 2 rings (SSSR count). The number of aryl methyl sites for hydroxylation is 1. The predicted octanol–water partition coefficient (Wildman–Crippen LogP) is 4.03. The highest BCUT2D eigenvalue weighted by molar-refractivity contribution is 5.76. The first kappa shape index (κ1) is 12.5. The lowest BCUT2D eigenvalue weighted by Crippen LogP contribution is -1.95. The summed E-state index contributed by atoms with van der Waals surface area (Å²) in [5, 5.41) is 0. The molecule has 2 heteroatoms. The van der Waals surface area contributed by atoms with E-state index in [4.69, 9.17) is 10.5 Å². The maximum absolute atomic E-state index is 6.04. The van der Waals surface area contributed by atoms with Crippen molar-refractivity contribution in [3.8, 4) is 16.9 Å². The Balaban J connectivity index is 2.23. The molecule has 0 aliphatic heterocycles. The Kier molecular flexibility index (Phi) is 3.88. The Bertz CT molecular complexity index is 517. The van der Waals surface area contributed by atoms with Crippen LogP contribution in [0.4, 0.5) is 5.69 Å². The van der Waals surface area contributed by atoms with Gasteiger partial charge in [0.1, 0.15) is 5.75 Å². The van der Waals surface area contributed by atoms with Gasteiger partial charge in [-0.3, -0.25) is 0 Å². The van der Waals surface area contributed by atoms with E-state index in [0.29, 0.717) is 0 Å². The second-order valence-corrected chi connectivity index (χ2v) is 4.46. The van der Waals surface area contributed by atoms with Crippen LogP contribution >= 0.6 is 0 Å². The van der Waals surface area contributed by atoms with E-state index in [2.05, 4.69) is 19.1 Å². The van der Waals surface area contributed by atoms with Gasteiger partial charge in [-0.1, -0.05) is 31.2 Å². The minimum absolute atomic E-state index is 0.756. The number of rotatable bonds is 4. The molecule has 2 aromatic carbocycles. The zero-order chi connectivity index (χ0) is 13.0. The van der Waals surface area contributed by atoms with Gasteiger partial charge in [0.05, 0.1) is 6.61 Å². The van der Waals surface area contributed by atoms with Gasteiger partial charge in [0.15, 0.2) is 0 Å². The number of hydrogen-bond donors (Lipinski definition) is 1. The molecule has 2 aromatic rings. The lowest BCUT2D eigenvalue weighted by Gasteiger charge is -2.09. The molecule has 0 amide bonds. The van der Waals surface area contributed by atoms with Gasteiger partial charge in [0.2, 0.25) is 0 Å². The van der Waals surface area contributed by atoms with Gasteiger partial charge in [0, 0.05) is 11.3 Å². The summed E-state index contributed by atoms with van der Waals surface area (Å²) in [7, 11) is 0. The third kappa shape index (κ3) is 2.83. The van der Waals surface area contributed by atoms with E-state index in [1.807, 2.05) is 37.3 Å². The van der Waals surface area contributed by atoms with Crippen LogP contribution in [-0.2, 0) is 0 Å². The van der Waals surface area contributed by atoms with Crippen LogP contribution in [0.2, 0.25) is 0 Å². The van der Waals surface area contributed by atoms with Crippen LogP contribution in [0.15, 0.2) is 42.5 Å². The highest BCUT2D eigenvalue weighted by Gasteiger charge is 2.03. The van der Waals surface area contributed by atoms with Gasteiger partial charge in [-0.15, -0.1) is 0 Å². The highest BCUT2D eigenvalue weighted by Crippen LogP contribution is 2.28. The minimum atomic E-state index is 0.756. The first-order valence-electron chi connectivity index (χ1n) is 6.30. The van der Waals surface area contributed by atoms with E-state index in [9.17, 15) is 0 Å². The number of hydrogen-bond acceptors (Lipinski definition) is 2. The predicted molar refractivity (Wildman–Crippen MR) is 76.8 cm³/mol. The molecule has 0 saturated carbocycles. The molecule has 0 bridgehead atoms. The Morgan fingerprint density at radius 2 is 1.78 bits per heavy atom. The smallest absolute Gasteiger partial charge is 0.119 e. The summed E-state index contributed by atoms with van der Waals surface area (Å²) in [4.78, 5) is 0. The Labute approximate surface area is 108 Å². The third-order valence-corrected chi connectivity index (χ3v) is 2.85. The van der Waals surface area contributed by atoms with Crippen molar-refractivity contribution in [1.29, 1.82) is 0 Å². The summed E-state index contributed by atoms with van der Waals surface area (Å²) in [6.07, 6.45) is 1.02. The van der Waals surface area contributed by atoms with Gasteiger partial charge >= 0.3 is 0 Å². The lowest BCUT2D eigenvalue weighted by atomic mass is 10.0. The monoisotopic (exact) mass is 241 g/mol. The first-order chi connectivity index (χ1) is 8.70. The molecule has 0 aliphatic rings. The van der Waals surface area contributed by atoms with Gasteiger partial charge in [-0.2, -0.15) is 0 Å². The molecular weight excluding hydrogens is 222 g/mol. The number of benzene rings is 2. The summed E-state index contributed by atoms with van der Waals surface area (Å²) in [6.45, 7) is 4.90. The van der Waals surface area contributed by atoms with Crippen LogP contribution in [0.5, 0.6) is 5.75 Å². The van der Waals surface area contributed by atoms with Crippen LogP contribution in [0, 0.1) is 6.92 Å². The second-order valence-electron chi connectivity index (χ2n) is 4.46. The van der Waals surface area contributed by atoms with E-state index in [-0.39, 0.29) is 0 Å². The summed E-state index contributed by atoms with van der Waals surface area (Å²) in [6, 6.07) is 14.2. The maximum Gasteiger partial charge on any atom is 0.119 e. The van der Waals surface area contributed by atoms with Crippen LogP contribution < -0.4 is 10.5 Å². The molecule has 0 saturated heterocycles. The first-order valence-corrected chi connectivity index (χ1v) is 6.30. The number of anilines is 1. The normalized spacial score (nSPS) is 10.3. The zero-order valence-corrected chi connectivity index (χ0v) is 10.9. The van der Waals surface area contributed by atoms with Crippen LogP contribution in [0.3, 0.4) is 0 Å². The minimum Gasteiger partial charge on any atom is -0.494 e. The Morgan fingerprint density at radius 3 is 2.39 bits per heavy atom. The average molecular weight is 241 g/mol. The molecule has 94 valence electrons. The van der Waals surface area contributed by atoms with E-state index < -0.39 is 0 Å². The topological polar surface area (TPSA) is 35.2 Å². The molecule has 2 nitrogen and oxygen atoms in total. The molecule has 0 aliphatic carbocycles. The fourth-order valence-corrected chi connectivity index (χ4v) is 1.90.